The van der Waals surface area contributed by atoms with E-state index in [0.717, 1.165) is 18.6 Å². The molecule has 6 heteroatoms. The molecule has 2 bridgehead atoms. The minimum absolute atomic E-state index is 0.0662. The molecule has 2 saturated heterocycles. The van der Waals surface area contributed by atoms with E-state index in [2.05, 4.69) is 12.1 Å². The highest BCUT2D eigenvalue weighted by Crippen LogP contribution is 2.40. The van der Waals surface area contributed by atoms with E-state index in [0.29, 0.717) is 24.2 Å². The van der Waals surface area contributed by atoms with Gasteiger partial charge in [-0.3, -0.25) is 4.79 Å². The van der Waals surface area contributed by atoms with Crippen molar-refractivity contribution in [2.75, 3.05) is 5.75 Å². The highest BCUT2D eigenvalue weighted by atomic mass is 32.2. The molecule has 0 aliphatic carbocycles. The summed E-state index contributed by atoms with van der Waals surface area (Å²) in [6.45, 7) is 0. The third-order valence-corrected chi connectivity index (χ3v) is 9.02. The summed E-state index contributed by atoms with van der Waals surface area (Å²) in [7, 11) is -3.33. The third-order valence-electron chi connectivity index (χ3n) is 5.82. The number of nitrogens with zero attached hydrogens (tertiary/aromatic N) is 1. The number of sulfone groups is 1. The van der Waals surface area contributed by atoms with E-state index in [1.165, 1.54) is 4.90 Å². The number of hydrogen-bond donors (Lipinski definition) is 0. The summed E-state index contributed by atoms with van der Waals surface area (Å²) in [6, 6.07) is 19.0. The third kappa shape index (κ3) is 3.98. The molecular formula is C22H25NO3S2. The van der Waals surface area contributed by atoms with Gasteiger partial charge in [0.25, 0.3) is 0 Å². The van der Waals surface area contributed by atoms with Gasteiger partial charge in [0.05, 0.1) is 10.1 Å². The van der Waals surface area contributed by atoms with E-state index in [1.807, 2.05) is 29.2 Å². The van der Waals surface area contributed by atoms with Gasteiger partial charge in [0.15, 0.2) is 9.84 Å². The van der Waals surface area contributed by atoms with Crippen molar-refractivity contribution in [3.63, 3.8) is 0 Å². The van der Waals surface area contributed by atoms with E-state index in [1.54, 1.807) is 36.0 Å². The van der Waals surface area contributed by atoms with Crippen LogP contribution < -0.4 is 0 Å². The molecular weight excluding hydrogens is 390 g/mol. The Morgan fingerprint density at radius 2 is 1.50 bits per heavy atom. The average molecular weight is 416 g/mol. The lowest BCUT2D eigenvalue weighted by Gasteiger charge is -2.38. The minimum atomic E-state index is -3.33. The number of thioether (sulfide) groups is 1. The highest BCUT2D eigenvalue weighted by Gasteiger charge is 2.46. The molecule has 0 radical (unpaired) electrons. The average Bonchev–Trinajstić information content (AvgIpc) is 2.98. The van der Waals surface area contributed by atoms with Gasteiger partial charge >= 0.3 is 0 Å². The van der Waals surface area contributed by atoms with Gasteiger partial charge in [-0.05, 0) is 49.9 Å². The second kappa shape index (κ2) is 8.29. The SMILES string of the molecule is O=C(CCSc1ccccc1)N1C2CCC1CC(S(=O)(=O)c1ccccc1)C2. The molecule has 2 unspecified atom stereocenters. The fourth-order valence-corrected chi connectivity index (χ4v) is 7.23. The van der Waals surface area contributed by atoms with E-state index < -0.39 is 9.84 Å². The Labute approximate surface area is 171 Å². The normalized spacial score (nSPS) is 24.3. The lowest BCUT2D eigenvalue weighted by molar-refractivity contribution is -0.134. The first kappa shape index (κ1) is 19.5. The molecule has 2 fully saturated rings. The predicted octanol–water partition coefficient (Wildman–Crippen LogP) is 4.16. The Balaban J connectivity index is 1.38. The van der Waals surface area contributed by atoms with Crippen molar-refractivity contribution in [3.8, 4) is 0 Å². The molecule has 2 aliphatic heterocycles. The van der Waals surface area contributed by atoms with Gasteiger partial charge in [0, 0.05) is 29.2 Å². The van der Waals surface area contributed by atoms with Crippen LogP contribution in [0.1, 0.15) is 32.1 Å². The first-order chi connectivity index (χ1) is 13.6. The summed E-state index contributed by atoms with van der Waals surface area (Å²) in [4.78, 5) is 16.4. The Kier molecular flexibility index (Phi) is 5.78. The largest absolute Gasteiger partial charge is 0.337 e. The Morgan fingerprint density at radius 1 is 0.929 bits per heavy atom. The molecule has 4 nitrogen and oxygen atoms in total. The first-order valence-electron chi connectivity index (χ1n) is 9.83. The summed E-state index contributed by atoms with van der Waals surface area (Å²) < 4.78 is 26.0. The molecule has 0 aromatic heterocycles. The van der Waals surface area contributed by atoms with E-state index in [-0.39, 0.29) is 23.2 Å². The minimum Gasteiger partial charge on any atom is -0.337 e. The Bertz CT molecular complexity index is 901. The summed E-state index contributed by atoms with van der Waals surface area (Å²) in [5.41, 5.74) is 0. The smallest absolute Gasteiger partial charge is 0.223 e. The number of carbonyl (C=O) groups excluding carboxylic acids is 1. The molecule has 2 aromatic rings. The number of carbonyl (C=O) groups is 1. The van der Waals surface area contributed by atoms with Crippen LogP contribution in [0.3, 0.4) is 0 Å². The van der Waals surface area contributed by atoms with Crippen LogP contribution in [-0.4, -0.2) is 42.3 Å². The number of amides is 1. The van der Waals surface area contributed by atoms with Crippen LogP contribution in [0.4, 0.5) is 0 Å². The van der Waals surface area contributed by atoms with Crippen molar-refractivity contribution in [3.05, 3.63) is 60.7 Å². The number of piperidine rings is 1. The first-order valence-corrected chi connectivity index (χ1v) is 12.4. The zero-order valence-corrected chi connectivity index (χ0v) is 17.4. The number of benzene rings is 2. The van der Waals surface area contributed by atoms with Crippen molar-refractivity contribution in [2.45, 2.75) is 59.2 Å². The molecule has 28 heavy (non-hydrogen) atoms. The maximum absolute atomic E-state index is 13.0. The molecule has 2 atom stereocenters. The molecule has 1 amide bonds. The van der Waals surface area contributed by atoms with Gasteiger partial charge in [-0.1, -0.05) is 36.4 Å². The standard InChI is InChI=1S/C22H25NO3S2/c24-22(13-14-27-19-7-3-1-4-8-19)23-17-11-12-18(23)16-21(15-17)28(25,26)20-9-5-2-6-10-20/h1-10,17-18,21H,11-16H2. The number of rotatable bonds is 6. The van der Waals surface area contributed by atoms with E-state index >= 15 is 0 Å². The van der Waals surface area contributed by atoms with Crippen LogP contribution >= 0.6 is 11.8 Å². The van der Waals surface area contributed by atoms with Crippen LogP contribution in [0.25, 0.3) is 0 Å². The van der Waals surface area contributed by atoms with Crippen molar-refractivity contribution in [1.82, 2.24) is 4.90 Å². The monoisotopic (exact) mass is 415 g/mol. The van der Waals surface area contributed by atoms with Crippen molar-refractivity contribution >= 4 is 27.5 Å². The quantitative estimate of drug-likeness (QED) is 0.665. The topological polar surface area (TPSA) is 54.5 Å². The molecule has 0 saturated carbocycles. The molecule has 2 heterocycles. The number of fused-ring (bicyclic) bond motifs is 2. The predicted molar refractivity (Wildman–Crippen MR) is 112 cm³/mol. The maximum Gasteiger partial charge on any atom is 0.223 e. The van der Waals surface area contributed by atoms with Gasteiger partial charge in [0.1, 0.15) is 0 Å². The van der Waals surface area contributed by atoms with Crippen molar-refractivity contribution < 1.29 is 13.2 Å². The lowest BCUT2D eigenvalue weighted by Crippen LogP contribution is -2.49. The second-order valence-corrected chi connectivity index (χ2v) is 10.9. The Hall–Kier alpha value is -1.79. The van der Waals surface area contributed by atoms with Crippen molar-refractivity contribution in [2.24, 2.45) is 0 Å². The van der Waals surface area contributed by atoms with Gasteiger partial charge < -0.3 is 4.90 Å². The second-order valence-electron chi connectivity index (χ2n) is 7.55. The maximum atomic E-state index is 13.0. The zero-order chi connectivity index (χ0) is 19.6. The van der Waals surface area contributed by atoms with Gasteiger partial charge in [0.2, 0.25) is 5.91 Å². The highest BCUT2D eigenvalue weighted by molar-refractivity contribution is 7.99. The van der Waals surface area contributed by atoms with Crippen molar-refractivity contribution in [1.29, 1.82) is 0 Å². The zero-order valence-electron chi connectivity index (χ0n) is 15.7. The van der Waals surface area contributed by atoms with Crippen LogP contribution in [0.2, 0.25) is 0 Å². The van der Waals surface area contributed by atoms with Crippen LogP contribution in [0.15, 0.2) is 70.5 Å². The molecule has 2 aromatic carbocycles. The molecule has 4 rings (SSSR count). The fraction of sp³-hybridized carbons (Fsp3) is 0.409. The molecule has 148 valence electrons. The molecule has 0 spiro atoms. The Morgan fingerprint density at radius 3 is 2.11 bits per heavy atom. The summed E-state index contributed by atoms with van der Waals surface area (Å²) in [5.74, 6) is 0.927. The molecule has 2 aliphatic rings. The lowest BCUT2D eigenvalue weighted by atomic mass is 10.0. The van der Waals surface area contributed by atoms with Crippen LogP contribution in [0.5, 0.6) is 0 Å². The number of hydrogen-bond acceptors (Lipinski definition) is 4. The summed E-state index contributed by atoms with van der Waals surface area (Å²) >= 11 is 1.69. The molecule has 0 N–H and O–H groups in total. The van der Waals surface area contributed by atoms with Gasteiger partial charge in [-0.25, -0.2) is 8.42 Å². The van der Waals surface area contributed by atoms with E-state index in [9.17, 15) is 13.2 Å². The van der Waals surface area contributed by atoms with Crippen LogP contribution in [0, 0.1) is 0 Å². The van der Waals surface area contributed by atoms with Gasteiger partial charge in [-0.15, -0.1) is 11.8 Å². The van der Waals surface area contributed by atoms with E-state index in [4.69, 9.17) is 0 Å². The van der Waals surface area contributed by atoms with Crippen LogP contribution in [-0.2, 0) is 14.6 Å². The fourth-order valence-electron chi connectivity index (χ4n) is 4.49. The van der Waals surface area contributed by atoms with Gasteiger partial charge in [-0.2, -0.15) is 0 Å². The summed E-state index contributed by atoms with van der Waals surface area (Å²) in [5, 5.41) is -0.379. The summed E-state index contributed by atoms with van der Waals surface area (Å²) in [6.07, 6.45) is 3.46.